The number of non-ortho nitro benzene ring substituents is 1. The van der Waals surface area contributed by atoms with Gasteiger partial charge in [0.25, 0.3) is 11.4 Å². The molecule has 2 unspecified atom stereocenters. The Kier molecular flexibility index (Phi) is 4.66. The van der Waals surface area contributed by atoms with Crippen molar-refractivity contribution in [2.75, 3.05) is 13.2 Å². The number of alkyl halides is 1. The summed E-state index contributed by atoms with van der Waals surface area (Å²) in [5.41, 5.74) is 0.0285. The van der Waals surface area contributed by atoms with Gasteiger partial charge in [0.1, 0.15) is 0 Å². The topological polar surface area (TPSA) is 95.5 Å². The Hall–Kier alpha value is -1.54. The maximum atomic E-state index is 11.1. The predicted octanol–water partition coefficient (Wildman–Crippen LogP) is 2.85. The maximum absolute atomic E-state index is 11.1. The van der Waals surface area contributed by atoms with Gasteiger partial charge in [-0.15, -0.1) is 0 Å². The Morgan fingerprint density at radius 3 is 2.65 bits per heavy atom. The minimum atomic E-state index is -0.631. The molecule has 1 aromatic rings. The van der Waals surface area contributed by atoms with Crippen LogP contribution < -0.4 is 0 Å². The molecule has 1 aromatic carbocycles. The lowest BCUT2D eigenvalue weighted by molar-refractivity contribution is -0.394. The van der Waals surface area contributed by atoms with Gasteiger partial charge in [-0.2, -0.15) is 0 Å². The molecule has 2 rings (SSSR count). The van der Waals surface area contributed by atoms with Crippen LogP contribution in [0.1, 0.15) is 12.0 Å². The van der Waals surface area contributed by atoms with E-state index in [9.17, 15) is 20.2 Å². The average molecular weight is 345 g/mol. The Morgan fingerprint density at radius 1 is 1.30 bits per heavy atom. The van der Waals surface area contributed by atoms with E-state index in [-0.39, 0.29) is 22.1 Å². The predicted molar refractivity (Wildman–Crippen MR) is 75.1 cm³/mol. The van der Waals surface area contributed by atoms with Crippen LogP contribution in [-0.4, -0.2) is 27.9 Å². The van der Waals surface area contributed by atoms with Crippen molar-refractivity contribution in [3.63, 3.8) is 0 Å². The summed E-state index contributed by atoms with van der Waals surface area (Å²) in [4.78, 5) is 20.8. The number of nitro groups is 2. The van der Waals surface area contributed by atoms with Crippen LogP contribution in [0.4, 0.5) is 11.4 Å². The standard InChI is InChI=1S/C12H13BrN2O5/c13-11-3-4-20-7-9(11)5-8-1-2-10(14(16)17)6-12(8)15(18)19/h1-2,6,9,11H,3-5,7H2. The largest absolute Gasteiger partial charge is 0.381 e. The molecule has 0 bridgehead atoms. The molecule has 20 heavy (non-hydrogen) atoms. The van der Waals surface area contributed by atoms with Gasteiger partial charge < -0.3 is 4.74 Å². The zero-order chi connectivity index (χ0) is 14.7. The van der Waals surface area contributed by atoms with E-state index in [1.54, 1.807) is 0 Å². The molecule has 2 atom stereocenters. The molecule has 0 aliphatic carbocycles. The smallest absolute Gasteiger partial charge is 0.279 e. The highest BCUT2D eigenvalue weighted by Gasteiger charge is 2.27. The van der Waals surface area contributed by atoms with Gasteiger partial charge in [-0.1, -0.05) is 15.9 Å². The molecule has 0 radical (unpaired) electrons. The Morgan fingerprint density at radius 2 is 2.05 bits per heavy atom. The van der Waals surface area contributed by atoms with Gasteiger partial charge in [-0.3, -0.25) is 20.2 Å². The normalized spacial score (nSPS) is 22.4. The molecule has 0 amide bonds. The second kappa shape index (κ2) is 6.27. The summed E-state index contributed by atoms with van der Waals surface area (Å²) in [5.74, 6) is 0.129. The van der Waals surface area contributed by atoms with Crippen LogP contribution in [0.25, 0.3) is 0 Å². The molecule has 1 aliphatic rings. The second-order valence-electron chi connectivity index (χ2n) is 4.67. The Balaban J connectivity index is 2.26. The average Bonchev–Trinajstić information content (AvgIpc) is 2.41. The zero-order valence-corrected chi connectivity index (χ0v) is 12.1. The highest BCUT2D eigenvalue weighted by molar-refractivity contribution is 9.09. The summed E-state index contributed by atoms with van der Waals surface area (Å²) in [6, 6.07) is 3.78. The van der Waals surface area contributed by atoms with Crippen molar-refractivity contribution in [3.05, 3.63) is 44.0 Å². The Labute approximate surface area is 123 Å². The van der Waals surface area contributed by atoms with E-state index in [1.165, 1.54) is 12.1 Å². The lowest BCUT2D eigenvalue weighted by atomic mass is 9.93. The molecule has 0 spiro atoms. The number of benzene rings is 1. The van der Waals surface area contributed by atoms with Gasteiger partial charge in [0.2, 0.25) is 0 Å². The van der Waals surface area contributed by atoms with E-state index in [0.29, 0.717) is 25.2 Å². The first-order chi connectivity index (χ1) is 9.49. The van der Waals surface area contributed by atoms with Crippen LogP contribution in [0.3, 0.4) is 0 Å². The van der Waals surface area contributed by atoms with Crippen LogP contribution in [0.15, 0.2) is 18.2 Å². The lowest BCUT2D eigenvalue weighted by Gasteiger charge is -2.27. The van der Waals surface area contributed by atoms with E-state index in [1.807, 2.05) is 0 Å². The first kappa shape index (κ1) is 14.9. The highest BCUT2D eigenvalue weighted by Crippen LogP contribution is 2.31. The van der Waals surface area contributed by atoms with Crippen molar-refractivity contribution in [1.82, 2.24) is 0 Å². The second-order valence-corrected chi connectivity index (χ2v) is 5.85. The van der Waals surface area contributed by atoms with Gasteiger partial charge >= 0.3 is 0 Å². The summed E-state index contributed by atoms with van der Waals surface area (Å²) in [5, 5.41) is 21.7. The van der Waals surface area contributed by atoms with Gasteiger partial charge in [-0.25, -0.2) is 0 Å². The fraction of sp³-hybridized carbons (Fsp3) is 0.500. The number of rotatable bonds is 4. The SMILES string of the molecule is O=[N+]([O-])c1ccc(CC2COCCC2Br)c([N+](=O)[O-])c1. The summed E-state index contributed by atoms with van der Waals surface area (Å²) in [6.45, 7) is 1.21. The van der Waals surface area contributed by atoms with Crippen molar-refractivity contribution in [2.45, 2.75) is 17.7 Å². The molecule has 1 fully saturated rings. The maximum Gasteiger partial charge on any atom is 0.279 e. The van der Waals surface area contributed by atoms with Crippen molar-refractivity contribution in [1.29, 1.82) is 0 Å². The molecule has 0 saturated carbocycles. The number of nitrogens with zero attached hydrogens (tertiary/aromatic N) is 2. The number of hydrogen-bond acceptors (Lipinski definition) is 5. The van der Waals surface area contributed by atoms with E-state index in [0.717, 1.165) is 12.5 Å². The van der Waals surface area contributed by atoms with E-state index in [2.05, 4.69) is 15.9 Å². The van der Waals surface area contributed by atoms with Crippen LogP contribution in [0.5, 0.6) is 0 Å². The third-order valence-corrected chi connectivity index (χ3v) is 4.55. The molecule has 1 heterocycles. The lowest BCUT2D eigenvalue weighted by Crippen LogP contribution is -2.29. The summed E-state index contributed by atoms with van der Waals surface area (Å²) >= 11 is 3.55. The van der Waals surface area contributed by atoms with E-state index < -0.39 is 9.85 Å². The molecule has 108 valence electrons. The van der Waals surface area contributed by atoms with E-state index in [4.69, 9.17) is 4.74 Å². The monoisotopic (exact) mass is 344 g/mol. The fourth-order valence-corrected chi connectivity index (χ4v) is 2.77. The van der Waals surface area contributed by atoms with Crippen LogP contribution in [0, 0.1) is 26.1 Å². The van der Waals surface area contributed by atoms with Gasteiger partial charge in [0.05, 0.1) is 22.5 Å². The highest BCUT2D eigenvalue weighted by atomic mass is 79.9. The van der Waals surface area contributed by atoms with Crippen LogP contribution in [-0.2, 0) is 11.2 Å². The third-order valence-electron chi connectivity index (χ3n) is 3.34. The van der Waals surface area contributed by atoms with E-state index >= 15 is 0 Å². The molecule has 1 saturated heterocycles. The third kappa shape index (κ3) is 3.31. The minimum Gasteiger partial charge on any atom is -0.381 e. The molecule has 0 aromatic heterocycles. The van der Waals surface area contributed by atoms with Crippen molar-refractivity contribution in [3.8, 4) is 0 Å². The summed E-state index contributed by atoms with van der Waals surface area (Å²) < 4.78 is 5.38. The molecule has 7 nitrogen and oxygen atoms in total. The number of halogens is 1. The zero-order valence-electron chi connectivity index (χ0n) is 10.5. The molecular formula is C12H13BrN2O5. The molecular weight excluding hydrogens is 332 g/mol. The summed E-state index contributed by atoms with van der Waals surface area (Å²) in [6.07, 6.45) is 1.32. The van der Waals surface area contributed by atoms with Crippen molar-refractivity contribution in [2.24, 2.45) is 5.92 Å². The molecule has 0 N–H and O–H groups in total. The van der Waals surface area contributed by atoms with Crippen molar-refractivity contribution < 1.29 is 14.6 Å². The van der Waals surface area contributed by atoms with Crippen molar-refractivity contribution >= 4 is 27.3 Å². The van der Waals surface area contributed by atoms with Crippen LogP contribution >= 0.6 is 15.9 Å². The molecule has 1 aliphatic heterocycles. The number of nitro benzene ring substituents is 2. The first-order valence-electron chi connectivity index (χ1n) is 6.12. The van der Waals surface area contributed by atoms with Gasteiger partial charge in [-0.05, 0) is 24.8 Å². The fourth-order valence-electron chi connectivity index (χ4n) is 2.25. The Bertz CT molecular complexity index is 537. The first-order valence-corrected chi connectivity index (χ1v) is 7.04. The van der Waals surface area contributed by atoms with Crippen LogP contribution in [0.2, 0.25) is 0 Å². The van der Waals surface area contributed by atoms with Gasteiger partial charge in [0.15, 0.2) is 0 Å². The minimum absolute atomic E-state index is 0.129. The van der Waals surface area contributed by atoms with Gasteiger partial charge in [0, 0.05) is 23.1 Å². The summed E-state index contributed by atoms with van der Waals surface area (Å²) in [7, 11) is 0. The number of hydrogen-bond donors (Lipinski definition) is 0. The number of ether oxygens (including phenoxy) is 1. The molecule has 8 heteroatoms. The quantitative estimate of drug-likeness (QED) is 0.475.